The van der Waals surface area contributed by atoms with Crippen LogP contribution in [-0.2, 0) is 10.0 Å². The van der Waals surface area contributed by atoms with Crippen molar-refractivity contribution in [2.75, 3.05) is 10.9 Å². The average molecular weight is 438 g/mol. The number of aryl methyl sites for hydroxylation is 4. The predicted molar refractivity (Wildman–Crippen MR) is 123 cm³/mol. The van der Waals surface area contributed by atoms with Gasteiger partial charge in [0.05, 0.1) is 17.2 Å². The number of anilines is 1. The van der Waals surface area contributed by atoms with Crippen LogP contribution < -0.4 is 9.04 Å². The van der Waals surface area contributed by atoms with E-state index in [1.165, 1.54) is 12.1 Å². The number of carbonyl (C=O) groups is 1. The van der Waals surface area contributed by atoms with E-state index in [9.17, 15) is 13.2 Å². The molecule has 31 heavy (non-hydrogen) atoms. The summed E-state index contributed by atoms with van der Waals surface area (Å²) >= 11 is 0. The van der Waals surface area contributed by atoms with Gasteiger partial charge in [-0.3, -0.25) is 4.79 Å². The lowest BCUT2D eigenvalue weighted by Gasteiger charge is -2.25. The zero-order valence-electron chi connectivity index (χ0n) is 18.5. The van der Waals surface area contributed by atoms with Crippen molar-refractivity contribution in [2.45, 2.75) is 39.5 Å². The van der Waals surface area contributed by atoms with Crippen molar-refractivity contribution in [3.63, 3.8) is 0 Å². The minimum absolute atomic E-state index is 0.0581. The topological polar surface area (TPSA) is 63.7 Å². The molecule has 3 aromatic rings. The van der Waals surface area contributed by atoms with Gasteiger partial charge in [0.1, 0.15) is 5.75 Å². The Balaban J connectivity index is 2.19. The summed E-state index contributed by atoms with van der Waals surface area (Å²) in [5.74, 6) is 0.0221. The smallest absolute Gasteiger partial charge is 0.272 e. The fourth-order valence-electron chi connectivity index (χ4n) is 3.64. The van der Waals surface area contributed by atoms with Crippen LogP contribution in [0.4, 0.5) is 5.69 Å². The number of benzene rings is 3. The number of carbonyl (C=O) groups excluding carboxylic acids is 1. The molecule has 0 bridgehead atoms. The summed E-state index contributed by atoms with van der Waals surface area (Å²) < 4.78 is 33.6. The largest absolute Gasteiger partial charge is 0.494 e. The van der Waals surface area contributed by atoms with Crippen LogP contribution in [0.15, 0.2) is 65.6 Å². The van der Waals surface area contributed by atoms with Crippen molar-refractivity contribution in [1.82, 2.24) is 0 Å². The van der Waals surface area contributed by atoms with Crippen LogP contribution in [0.25, 0.3) is 0 Å². The Hall–Kier alpha value is -3.12. The molecule has 0 saturated heterocycles. The molecule has 0 saturated carbocycles. The molecule has 0 radical (unpaired) electrons. The van der Waals surface area contributed by atoms with Crippen molar-refractivity contribution in [3.8, 4) is 5.75 Å². The molecule has 0 unspecified atom stereocenters. The second-order valence-electron chi connectivity index (χ2n) is 7.59. The van der Waals surface area contributed by atoms with E-state index in [1.54, 1.807) is 36.4 Å². The first kappa shape index (κ1) is 22.6. The Morgan fingerprint density at radius 2 is 1.39 bits per heavy atom. The van der Waals surface area contributed by atoms with Gasteiger partial charge in [0, 0.05) is 5.56 Å². The molecule has 0 aliphatic heterocycles. The highest BCUT2D eigenvalue weighted by atomic mass is 32.2. The first-order chi connectivity index (χ1) is 14.6. The fraction of sp³-hybridized carbons (Fsp3) is 0.240. The van der Waals surface area contributed by atoms with Crippen molar-refractivity contribution >= 4 is 21.6 Å². The zero-order chi connectivity index (χ0) is 22.8. The van der Waals surface area contributed by atoms with E-state index in [4.69, 9.17) is 4.74 Å². The molecule has 6 heteroatoms. The lowest BCUT2D eigenvalue weighted by Crippen LogP contribution is -2.37. The number of rotatable bonds is 6. The van der Waals surface area contributed by atoms with Crippen LogP contribution in [0.5, 0.6) is 5.75 Å². The fourth-order valence-corrected chi connectivity index (χ4v) is 5.04. The molecule has 0 atom stereocenters. The molecule has 3 rings (SSSR count). The van der Waals surface area contributed by atoms with Gasteiger partial charge in [0.15, 0.2) is 0 Å². The van der Waals surface area contributed by atoms with Gasteiger partial charge in [-0.15, -0.1) is 0 Å². The summed E-state index contributed by atoms with van der Waals surface area (Å²) in [7, 11) is -4.14. The summed E-state index contributed by atoms with van der Waals surface area (Å²) in [6.07, 6.45) is 0. The van der Waals surface area contributed by atoms with Gasteiger partial charge in [-0.05, 0) is 82.1 Å². The first-order valence-electron chi connectivity index (χ1n) is 10.1. The van der Waals surface area contributed by atoms with Gasteiger partial charge in [-0.2, -0.15) is 4.31 Å². The van der Waals surface area contributed by atoms with Gasteiger partial charge in [-0.25, -0.2) is 8.42 Å². The Bertz CT molecular complexity index is 1170. The van der Waals surface area contributed by atoms with Gasteiger partial charge >= 0.3 is 0 Å². The van der Waals surface area contributed by atoms with E-state index in [-0.39, 0.29) is 10.6 Å². The minimum Gasteiger partial charge on any atom is -0.494 e. The second-order valence-corrected chi connectivity index (χ2v) is 9.37. The van der Waals surface area contributed by atoms with Crippen LogP contribution in [-0.4, -0.2) is 20.9 Å². The van der Waals surface area contributed by atoms with Crippen LogP contribution in [0.2, 0.25) is 0 Å². The summed E-state index contributed by atoms with van der Waals surface area (Å²) in [5.41, 5.74) is 4.06. The molecule has 0 aliphatic carbocycles. The summed E-state index contributed by atoms with van der Waals surface area (Å²) in [4.78, 5) is 13.8. The summed E-state index contributed by atoms with van der Waals surface area (Å²) in [6.45, 7) is 9.83. The van der Waals surface area contributed by atoms with Gasteiger partial charge in [-0.1, -0.05) is 35.4 Å². The molecule has 0 aromatic heterocycles. The van der Waals surface area contributed by atoms with Gasteiger partial charge < -0.3 is 4.74 Å². The van der Waals surface area contributed by atoms with E-state index >= 15 is 0 Å². The zero-order valence-corrected chi connectivity index (χ0v) is 19.3. The van der Waals surface area contributed by atoms with Gasteiger partial charge in [0.2, 0.25) is 0 Å². The lowest BCUT2D eigenvalue weighted by atomic mass is 9.99. The third-order valence-corrected chi connectivity index (χ3v) is 6.74. The molecule has 162 valence electrons. The monoisotopic (exact) mass is 437 g/mol. The normalized spacial score (nSPS) is 11.3. The average Bonchev–Trinajstić information content (AvgIpc) is 2.69. The van der Waals surface area contributed by atoms with E-state index in [2.05, 4.69) is 0 Å². The number of hydrogen-bond acceptors (Lipinski definition) is 4. The quantitative estimate of drug-likeness (QED) is 0.521. The Kier molecular flexibility index (Phi) is 6.51. The molecule has 0 spiro atoms. The minimum atomic E-state index is -4.14. The Labute approximate surface area is 184 Å². The maximum Gasteiger partial charge on any atom is 0.272 e. The molecule has 3 aromatic carbocycles. The van der Waals surface area contributed by atoms with Crippen LogP contribution in [0.1, 0.15) is 39.5 Å². The van der Waals surface area contributed by atoms with Crippen molar-refractivity contribution in [2.24, 2.45) is 0 Å². The number of hydrogen-bond donors (Lipinski definition) is 0. The van der Waals surface area contributed by atoms with E-state index in [0.717, 1.165) is 26.6 Å². The summed E-state index contributed by atoms with van der Waals surface area (Å²) in [6, 6.07) is 16.8. The third-order valence-electron chi connectivity index (χ3n) is 5.02. The van der Waals surface area contributed by atoms with Crippen molar-refractivity contribution in [3.05, 3.63) is 88.5 Å². The maximum atomic E-state index is 13.7. The van der Waals surface area contributed by atoms with Crippen molar-refractivity contribution in [1.29, 1.82) is 0 Å². The molecule has 1 amide bonds. The number of nitrogens with zero attached hydrogens (tertiary/aromatic N) is 1. The molecule has 0 N–H and O–H groups in total. The van der Waals surface area contributed by atoms with E-state index < -0.39 is 15.9 Å². The Morgan fingerprint density at radius 3 is 1.90 bits per heavy atom. The molecule has 0 aliphatic rings. The SMILES string of the molecule is CCOc1ccc(N(C(=O)c2c(C)cc(C)cc2C)S(=O)(=O)c2ccc(C)cc2)cc1. The number of sulfonamides is 1. The third kappa shape index (κ3) is 4.64. The molecular weight excluding hydrogens is 410 g/mol. The molecule has 5 nitrogen and oxygen atoms in total. The van der Waals surface area contributed by atoms with E-state index in [0.29, 0.717) is 17.9 Å². The molecule has 0 heterocycles. The number of ether oxygens (including phenoxy) is 1. The maximum absolute atomic E-state index is 13.7. The van der Waals surface area contributed by atoms with Crippen LogP contribution in [0, 0.1) is 27.7 Å². The Morgan fingerprint density at radius 1 is 0.839 bits per heavy atom. The predicted octanol–water partition coefficient (Wildman–Crippen LogP) is 5.35. The summed E-state index contributed by atoms with van der Waals surface area (Å²) in [5, 5.41) is 0. The lowest BCUT2D eigenvalue weighted by molar-refractivity contribution is 0.100. The highest BCUT2D eigenvalue weighted by molar-refractivity contribution is 7.93. The van der Waals surface area contributed by atoms with E-state index in [1.807, 2.05) is 46.8 Å². The first-order valence-corrected chi connectivity index (χ1v) is 11.6. The second kappa shape index (κ2) is 8.94. The standard InChI is InChI=1S/C25H27NO4S/c1-6-30-22-11-9-21(10-12-22)26(31(28,29)23-13-7-17(2)8-14-23)25(27)24-19(4)15-18(3)16-20(24)5/h7-16H,6H2,1-5H3. The molecular formula is C25H27NO4S. The van der Waals surface area contributed by atoms with Crippen LogP contribution in [0.3, 0.4) is 0 Å². The van der Waals surface area contributed by atoms with Crippen LogP contribution >= 0.6 is 0 Å². The van der Waals surface area contributed by atoms with Crippen molar-refractivity contribution < 1.29 is 17.9 Å². The highest BCUT2D eigenvalue weighted by Crippen LogP contribution is 2.30. The molecule has 0 fully saturated rings. The highest BCUT2D eigenvalue weighted by Gasteiger charge is 2.33. The number of amides is 1. The van der Waals surface area contributed by atoms with Gasteiger partial charge in [0.25, 0.3) is 15.9 Å².